The lowest BCUT2D eigenvalue weighted by atomic mass is 9.95. The molecule has 0 aliphatic carbocycles. The van der Waals surface area contributed by atoms with Gasteiger partial charge in [-0.1, -0.05) is 66.2 Å². The summed E-state index contributed by atoms with van der Waals surface area (Å²) in [5.41, 5.74) is 5.32. The predicted octanol–water partition coefficient (Wildman–Crippen LogP) is 7.17. The molecule has 0 fully saturated rings. The Kier molecular flexibility index (Phi) is 5.99. The summed E-state index contributed by atoms with van der Waals surface area (Å²) in [5.74, 6) is 2.29. The molecule has 2 aliphatic heterocycles. The van der Waals surface area contributed by atoms with E-state index in [1.807, 2.05) is 78.9 Å². The van der Waals surface area contributed by atoms with Crippen LogP contribution in [0.25, 0.3) is 0 Å². The molecule has 0 spiro atoms. The van der Waals surface area contributed by atoms with Crippen molar-refractivity contribution in [2.24, 2.45) is 5.10 Å². The molecule has 2 aliphatic rings. The van der Waals surface area contributed by atoms with Crippen molar-refractivity contribution in [2.45, 2.75) is 25.3 Å². The van der Waals surface area contributed by atoms with Crippen LogP contribution in [0.5, 0.6) is 17.2 Å². The maximum absolute atomic E-state index is 6.56. The quantitative estimate of drug-likeness (QED) is 0.284. The largest absolute Gasteiger partial charge is 0.493 e. The fraction of sp³-hybridized carbons (Fsp3) is 0.167. The smallest absolute Gasteiger partial charge is 0.214 e. The van der Waals surface area contributed by atoms with Gasteiger partial charge >= 0.3 is 0 Å². The number of benzene rings is 4. The summed E-state index contributed by atoms with van der Waals surface area (Å²) in [7, 11) is 1.67. The van der Waals surface area contributed by atoms with Crippen LogP contribution < -0.4 is 14.2 Å². The monoisotopic (exact) mass is 496 g/mol. The Morgan fingerprint density at radius 2 is 1.69 bits per heavy atom. The molecule has 180 valence electrons. The molecule has 0 saturated carbocycles. The third kappa shape index (κ3) is 4.27. The summed E-state index contributed by atoms with van der Waals surface area (Å²) in [6.45, 7) is 0.472. The minimum Gasteiger partial charge on any atom is -0.493 e. The van der Waals surface area contributed by atoms with Crippen LogP contribution in [0.4, 0.5) is 0 Å². The van der Waals surface area contributed by atoms with Gasteiger partial charge in [-0.25, -0.2) is 5.01 Å². The molecule has 4 aromatic rings. The highest BCUT2D eigenvalue weighted by Crippen LogP contribution is 2.50. The van der Waals surface area contributed by atoms with Crippen molar-refractivity contribution < 1.29 is 14.2 Å². The third-order valence-electron chi connectivity index (χ3n) is 6.59. The molecule has 6 heteroatoms. The van der Waals surface area contributed by atoms with Crippen LogP contribution in [0.15, 0.2) is 102 Å². The van der Waals surface area contributed by atoms with Gasteiger partial charge in [0, 0.05) is 22.6 Å². The highest BCUT2D eigenvalue weighted by Gasteiger charge is 2.42. The Hall–Kier alpha value is -3.96. The molecule has 0 radical (unpaired) electrons. The van der Waals surface area contributed by atoms with Gasteiger partial charge in [0.1, 0.15) is 12.4 Å². The number of hydrazone groups is 1. The first-order chi connectivity index (χ1) is 17.7. The zero-order valence-electron chi connectivity index (χ0n) is 19.8. The number of ether oxygens (including phenoxy) is 3. The van der Waals surface area contributed by atoms with Gasteiger partial charge < -0.3 is 14.2 Å². The van der Waals surface area contributed by atoms with E-state index in [0.29, 0.717) is 11.6 Å². The maximum atomic E-state index is 6.56. The fourth-order valence-corrected chi connectivity index (χ4v) is 4.87. The Morgan fingerprint density at radius 3 is 2.44 bits per heavy atom. The molecule has 5 nitrogen and oxygen atoms in total. The van der Waals surface area contributed by atoms with Crippen LogP contribution in [0, 0.1) is 0 Å². The van der Waals surface area contributed by atoms with Gasteiger partial charge in [0.25, 0.3) is 0 Å². The molecule has 2 heterocycles. The van der Waals surface area contributed by atoms with Gasteiger partial charge in [0.05, 0.1) is 18.9 Å². The number of fused-ring (bicyclic) bond motifs is 3. The normalized spacial score (nSPS) is 18.1. The van der Waals surface area contributed by atoms with Crippen LogP contribution in [-0.2, 0) is 6.61 Å². The summed E-state index contributed by atoms with van der Waals surface area (Å²) in [6, 6.07) is 32.1. The summed E-state index contributed by atoms with van der Waals surface area (Å²) in [4.78, 5) is 0. The Labute approximate surface area is 215 Å². The fourth-order valence-electron chi connectivity index (χ4n) is 4.75. The van der Waals surface area contributed by atoms with Crippen LogP contribution in [0.3, 0.4) is 0 Å². The third-order valence-corrected chi connectivity index (χ3v) is 6.84. The number of para-hydroxylation sites is 1. The molecule has 4 aromatic carbocycles. The topological polar surface area (TPSA) is 43.3 Å². The van der Waals surface area contributed by atoms with Crippen molar-refractivity contribution in [3.8, 4) is 17.2 Å². The van der Waals surface area contributed by atoms with E-state index in [0.717, 1.165) is 51.6 Å². The van der Waals surface area contributed by atoms with Crippen molar-refractivity contribution in [1.29, 1.82) is 0 Å². The lowest BCUT2D eigenvalue weighted by Crippen LogP contribution is -2.33. The standard InChI is InChI=1S/C30H25ClN2O3/c1-34-28-9-5-8-25-27-18-26(21-6-3-2-4-7-21)32-33(27)30(36-29(25)28)22-12-16-24(17-13-22)35-19-20-10-14-23(31)15-11-20/h2-17,27,30H,18-19H2,1H3/t27-,30+/m1/s1. The Morgan fingerprint density at radius 1 is 0.917 bits per heavy atom. The molecular formula is C30H25ClN2O3. The number of halogens is 1. The Bertz CT molecular complexity index is 1390. The van der Waals surface area contributed by atoms with Gasteiger partial charge in [-0.15, -0.1) is 0 Å². The SMILES string of the molecule is COc1cccc2c1O[C@@H](c1ccc(OCc3ccc(Cl)cc3)cc1)N1N=C(c3ccccc3)C[C@H]21. The van der Waals surface area contributed by atoms with Crippen molar-refractivity contribution in [3.05, 3.63) is 124 Å². The minimum absolute atomic E-state index is 0.0601. The number of hydrogen-bond donors (Lipinski definition) is 0. The summed E-state index contributed by atoms with van der Waals surface area (Å²) in [6.07, 6.45) is 0.414. The lowest BCUT2D eigenvalue weighted by Gasteiger charge is -2.38. The van der Waals surface area contributed by atoms with Crippen LogP contribution in [0.2, 0.25) is 5.02 Å². The molecule has 0 unspecified atom stereocenters. The van der Waals surface area contributed by atoms with Crippen molar-refractivity contribution >= 4 is 17.3 Å². The zero-order chi connectivity index (χ0) is 24.5. The molecule has 36 heavy (non-hydrogen) atoms. The van der Waals surface area contributed by atoms with Gasteiger partial charge in [-0.05, 0) is 53.6 Å². The molecule has 6 rings (SSSR count). The van der Waals surface area contributed by atoms with E-state index in [-0.39, 0.29) is 12.3 Å². The zero-order valence-corrected chi connectivity index (χ0v) is 20.6. The van der Waals surface area contributed by atoms with Crippen LogP contribution in [-0.4, -0.2) is 17.8 Å². The van der Waals surface area contributed by atoms with E-state index in [2.05, 4.69) is 23.2 Å². The number of nitrogens with zero attached hydrogens (tertiary/aromatic N) is 2. The van der Waals surface area contributed by atoms with Crippen LogP contribution >= 0.6 is 11.6 Å². The highest BCUT2D eigenvalue weighted by atomic mass is 35.5. The maximum Gasteiger partial charge on any atom is 0.214 e. The first-order valence-corrected chi connectivity index (χ1v) is 12.3. The van der Waals surface area contributed by atoms with Gasteiger partial charge in [-0.3, -0.25) is 0 Å². The molecule has 0 saturated heterocycles. The van der Waals surface area contributed by atoms with Gasteiger partial charge in [0.2, 0.25) is 6.23 Å². The van der Waals surface area contributed by atoms with Crippen molar-refractivity contribution in [1.82, 2.24) is 5.01 Å². The number of methoxy groups -OCH3 is 1. The average Bonchev–Trinajstić information content (AvgIpc) is 3.39. The second-order valence-electron chi connectivity index (χ2n) is 8.85. The lowest BCUT2D eigenvalue weighted by molar-refractivity contribution is -0.0209. The first-order valence-electron chi connectivity index (χ1n) is 11.9. The number of hydrogen-bond acceptors (Lipinski definition) is 5. The molecule has 0 amide bonds. The van der Waals surface area contributed by atoms with E-state index >= 15 is 0 Å². The highest BCUT2D eigenvalue weighted by molar-refractivity contribution is 6.30. The van der Waals surface area contributed by atoms with Crippen molar-refractivity contribution in [2.75, 3.05) is 7.11 Å². The summed E-state index contributed by atoms with van der Waals surface area (Å²) >= 11 is 5.98. The van der Waals surface area contributed by atoms with E-state index in [1.165, 1.54) is 0 Å². The van der Waals surface area contributed by atoms with Gasteiger partial charge in [-0.2, -0.15) is 5.10 Å². The predicted molar refractivity (Wildman–Crippen MR) is 141 cm³/mol. The minimum atomic E-state index is -0.384. The van der Waals surface area contributed by atoms with Crippen molar-refractivity contribution in [3.63, 3.8) is 0 Å². The van der Waals surface area contributed by atoms with Gasteiger partial charge in [0.15, 0.2) is 11.5 Å². The summed E-state index contributed by atoms with van der Waals surface area (Å²) < 4.78 is 18.2. The van der Waals surface area contributed by atoms with Crippen LogP contribution in [0.1, 0.15) is 40.9 Å². The van der Waals surface area contributed by atoms with E-state index in [9.17, 15) is 0 Å². The molecule has 2 atom stereocenters. The molecule has 0 bridgehead atoms. The molecule has 0 N–H and O–H groups in total. The first kappa shape index (κ1) is 22.5. The van der Waals surface area contributed by atoms with E-state index in [1.54, 1.807) is 7.11 Å². The second kappa shape index (κ2) is 9.59. The molecular weight excluding hydrogens is 472 g/mol. The molecule has 0 aromatic heterocycles. The van der Waals surface area contributed by atoms with E-state index < -0.39 is 0 Å². The number of rotatable bonds is 6. The Balaban J connectivity index is 1.29. The summed E-state index contributed by atoms with van der Waals surface area (Å²) in [5, 5.41) is 7.83. The van der Waals surface area contributed by atoms with E-state index in [4.69, 9.17) is 30.9 Å². The second-order valence-corrected chi connectivity index (χ2v) is 9.28. The average molecular weight is 497 g/mol.